The van der Waals surface area contributed by atoms with Crippen molar-refractivity contribution in [3.63, 3.8) is 0 Å². The number of rotatable bonds is 3. The molecule has 1 aliphatic heterocycles. The first kappa shape index (κ1) is 12.6. The van der Waals surface area contributed by atoms with Crippen LogP contribution >= 0.6 is 0 Å². The molecule has 2 fully saturated rings. The molecule has 4 rings (SSSR count). The highest BCUT2D eigenvalue weighted by molar-refractivity contribution is 5.80. The molecule has 1 amide bonds. The molecule has 1 saturated carbocycles. The van der Waals surface area contributed by atoms with Crippen LogP contribution in [0.15, 0.2) is 34.9 Å². The van der Waals surface area contributed by atoms with E-state index >= 15 is 0 Å². The maximum atomic E-state index is 12.1. The van der Waals surface area contributed by atoms with E-state index in [1.165, 1.54) is 6.42 Å². The van der Waals surface area contributed by atoms with Crippen LogP contribution in [0.5, 0.6) is 0 Å². The van der Waals surface area contributed by atoms with Gasteiger partial charge in [-0.3, -0.25) is 4.79 Å². The van der Waals surface area contributed by atoms with Crippen LogP contribution in [0, 0.1) is 5.92 Å². The first-order valence-corrected chi connectivity index (χ1v) is 7.49. The SMILES string of the molecule is O=C(C1CCC1)N1CC(c2nc(-c3ccccc3)no2)C1. The predicted octanol–water partition coefficient (Wildman–Crippen LogP) is 2.46. The summed E-state index contributed by atoms with van der Waals surface area (Å²) < 4.78 is 5.35. The number of carbonyl (C=O) groups excluding carboxylic acids is 1. The van der Waals surface area contributed by atoms with E-state index in [-0.39, 0.29) is 11.8 Å². The number of benzene rings is 1. The fraction of sp³-hybridized carbons (Fsp3) is 0.438. The molecule has 5 nitrogen and oxygen atoms in total. The van der Waals surface area contributed by atoms with Gasteiger partial charge in [-0.25, -0.2) is 0 Å². The third-order valence-corrected chi connectivity index (χ3v) is 4.47. The van der Waals surface area contributed by atoms with Crippen molar-refractivity contribution in [3.05, 3.63) is 36.2 Å². The highest BCUT2D eigenvalue weighted by Crippen LogP contribution is 2.33. The molecule has 2 heterocycles. The van der Waals surface area contributed by atoms with Crippen molar-refractivity contribution in [2.75, 3.05) is 13.1 Å². The van der Waals surface area contributed by atoms with E-state index in [4.69, 9.17) is 4.52 Å². The van der Waals surface area contributed by atoms with Gasteiger partial charge in [-0.2, -0.15) is 4.98 Å². The van der Waals surface area contributed by atoms with Crippen LogP contribution in [0.25, 0.3) is 11.4 Å². The molecule has 21 heavy (non-hydrogen) atoms. The summed E-state index contributed by atoms with van der Waals surface area (Å²) in [5.41, 5.74) is 0.953. The van der Waals surface area contributed by atoms with E-state index in [9.17, 15) is 4.79 Å². The van der Waals surface area contributed by atoms with Gasteiger partial charge in [0.1, 0.15) is 0 Å². The summed E-state index contributed by atoms with van der Waals surface area (Å²) in [5, 5.41) is 4.03. The normalized spacial score (nSPS) is 19.1. The van der Waals surface area contributed by atoms with Crippen LogP contribution < -0.4 is 0 Å². The van der Waals surface area contributed by atoms with Gasteiger partial charge < -0.3 is 9.42 Å². The van der Waals surface area contributed by atoms with Crippen molar-refractivity contribution in [1.82, 2.24) is 15.0 Å². The lowest BCUT2D eigenvalue weighted by Crippen LogP contribution is -2.51. The Morgan fingerprint density at radius 3 is 2.62 bits per heavy atom. The Labute approximate surface area is 123 Å². The molecule has 0 spiro atoms. The number of likely N-dealkylation sites (tertiary alicyclic amines) is 1. The highest BCUT2D eigenvalue weighted by atomic mass is 16.5. The Morgan fingerprint density at radius 1 is 1.19 bits per heavy atom. The third-order valence-electron chi connectivity index (χ3n) is 4.47. The molecule has 1 aliphatic carbocycles. The molecule has 0 N–H and O–H groups in total. The van der Waals surface area contributed by atoms with Crippen LogP contribution in [0.2, 0.25) is 0 Å². The standard InChI is InChI=1S/C16H17N3O2/c20-16(12-7-4-8-12)19-9-13(10-19)15-17-14(18-21-15)11-5-2-1-3-6-11/h1-3,5-6,12-13H,4,7-10H2. The van der Waals surface area contributed by atoms with Crippen molar-refractivity contribution in [2.24, 2.45) is 5.92 Å². The lowest BCUT2D eigenvalue weighted by atomic mass is 9.83. The second-order valence-electron chi connectivity index (χ2n) is 5.89. The molecule has 0 unspecified atom stereocenters. The van der Waals surface area contributed by atoms with E-state index in [1.807, 2.05) is 35.2 Å². The smallest absolute Gasteiger partial charge is 0.233 e. The third kappa shape index (κ3) is 2.22. The first-order valence-electron chi connectivity index (χ1n) is 7.49. The van der Waals surface area contributed by atoms with Crippen molar-refractivity contribution in [2.45, 2.75) is 25.2 Å². The summed E-state index contributed by atoms with van der Waals surface area (Å²) in [6.07, 6.45) is 3.30. The highest BCUT2D eigenvalue weighted by Gasteiger charge is 2.39. The van der Waals surface area contributed by atoms with Gasteiger partial charge in [0.2, 0.25) is 17.6 Å². The maximum absolute atomic E-state index is 12.1. The molecule has 0 radical (unpaired) electrons. The maximum Gasteiger partial charge on any atom is 0.233 e. The lowest BCUT2D eigenvalue weighted by Gasteiger charge is -2.41. The summed E-state index contributed by atoms with van der Waals surface area (Å²) in [7, 11) is 0. The summed E-state index contributed by atoms with van der Waals surface area (Å²) >= 11 is 0. The largest absolute Gasteiger partial charge is 0.341 e. The lowest BCUT2D eigenvalue weighted by molar-refractivity contribution is -0.143. The van der Waals surface area contributed by atoms with E-state index in [2.05, 4.69) is 10.1 Å². The number of aromatic nitrogens is 2. The summed E-state index contributed by atoms with van der Waals surface area (Å²) in [4.78, 5) is 18.4. The van der Waals surface area contributed by atoms with Crippen LogP contribution in [0.1, 0.15) is 31.1 Å². The zero-order valence-electron chi connectivity index (χ0n) is 11.7. The van der Waals surface area contributed by atoms with Crippen molar-refractivity contribution >= 4 is 5.91 Å². The number of nitrogens with zero attached hydrogens (tertiary/aromatic N) is 3. The average Bonchev–Trinajstić information content (AvgIpc) is 2.85. The van der Waals surface area contributed by atoms with Gasteiger partial charge in [-0.05, 0) is 12.8 Å². The number of hydrogen-bond acceptors (Lipinski definition) is 4. The number of carbonyl (C=O) groups is 1. The van der Waals surface area contributed by atoms with Gasteiger partial charge in [0.05, 0.1) is 5.92 Å². The minimum atomic E-state index is 0.194. The molecule has 1 saturated heterocycles. The molecular weight excluding hydrogens is 266 g/mol. The number of hydrogen-bond donors (Lipinski definition) is 0. The molecule has 0 atom stereocenters. The van der Waals surface area contributed by atoms with Gasteiger partial charge in [-0.1, -0.05) is 41.9 Å². The molecule has 5 heteroatoms. The van der Waals surface area contributed by atoms with E-state index in [0.29, 0.717) is 30.7 Å². The topological polar surface area (TPSA) is 59.2 Å². The summed E-state index contributed by atoms with van der Waals surface area (Å²) in [5.74, 6) is 2.04. The second kappa shape index (κ2) is 4.98. The molecule has 1 aromatic heterocycles. The average molecular weight is 283 g/mol. The minimum absolute atomic E-state index is 0.194. The van der Waals surface area contributed by atoms with Crippen molar-refractivity contribution in [1.29, 1.82) is 0 Å². The first-order chi connectivity index (χ1) is 10.3. The summed E-state index contributed by atoms with van der Waals surface area (Å²) in [6, 6.07) is 9.78. The molecule has 2 aliphatic rings. The van der Waals surface area contributed by atoms with Gasteiger partial charge in [0.25, 0.3) is 0 Å². The zero-order chi connectivity index (χ0) is 14.2. The summed E-state index contributed by atoms with van der Waals surface area (Å²) in [6.45, 7) is 1.43. The van der Waals surface area contributed by atoms with Gasteiger partial charge in [0, 0.05) is 24.6 Å². The van der Waals surface area contributed by atoms with Crippen LogP contribution in [0.4, 0.5) is 0 Å². The van der Waals surface area contributed by atoms with Crippen molar-refractivity contribution in [3.8, 4) is 11.4 Å². The van der Waals surface area contributed by atoms with Crippen molar-refractivity contribution < 1.29 is 9.32 Å². The van der Waals surface area contributed by atoms with E-state index in [0.717, 1.165) is 18.4 Å². The quantitative estimate of drug-likeness (QED) is 0.868. The molecular formula is C16H17N3O2. The van der Waals surface area contributed by atoms with Gasteiger partial charge in [0.15, 0.2) is 0 Å². The fourth-order valence-electron chi connectivity index (χ4n) is 2.83. The monoisotopic (exact) mass is 283 g/mol. The minimum Gasteiger partial charge on any atom is -0.341 e. The molecule has 108 valence electrons. The Hall–Kier alpha value is -2.17. The van der Waals surface area contributed by atoms with Crippen LogP contribution in [-0.2, 0) is 4.79 Å². The van der Waals surface area contributed by atoms with Crippen LogP contribution in [-0.4, -0.2) is 34.0 Å². The Morgan fingerprint density at radius 2 is 1.95 bits per heavy atom. The molecule has 0 bridgehead atoms. The van der Waals surface area contributed by atoms with Gasteiger partial charge >= 0.3 is 0 Å². The van der Waals surface area contributed by atoms with E-state index < -0.39 is 0 Å². The molecule has 2 aromatic rings. The predicted molar refractivity (Wildman–Crippen MR) is 76.4 cm³/mol. The van der Waals surface area contributed by atoms with Crippen LogP contribution in [0.3, 0.4) is 0 Å². The molecule has 1 aromatic carbocycles. The fourth-order valence-corrected chi connectivity index (χ4v) is 2.83. The Balaban J connectivity index is 1.40. The zero-order valence-corrected chi connectivity index (χ0v) is 11.7. The van der Waals surface area contributed by atoms with Gasteiger partial charge in [-0.15, -0.1) is 0 Å². The van der Waals surface area contributed by atoms with E-state index in [1.54, 1.807) is 0 Å². The second-order valence-corrected chi connectivity index (χ2v) is 5.89. The Kier molecular flexibility index (Phi) is 2.98. The Bertz CT molecular complexity index is 643. The number of amides is 1.